The zero-order valence-electron chi connectivity index (χ0n) is 17.3. The summed E-state index contributed by atoms with van der Waals surface area (Å²) in [5, 5.41) is 0. The molecule has 9 nitrogen and oxygen atoms in total. The van der Waals surface area contributed by atoms with Gasteiger partial charge < -0.3 is 25.8 Å². The Balaban J connectivity index is 0.00000480. The van der Waals surface area contributed by atoms with Gasteiger partial charge in [0.25, 0.3) is 11.0 Å². The zero-order valence-corrected chi connectivity index (χ0v) is 19.9. The third-order valence-corrected chi connectivity index (χ3v) is 4.62. The highest BCUT2D eigenvalue weighted by molar-refractivity contribution is 7.67. The van der Waals surface area contributed by atoms with Crippen molar-refractivity contribution in [3.63, 3.8) is 0 Å². The van der Waals surface area contributed by atoms with Crippen LogP contribution in [0.1, 0.15) is 11.1 Å². The van der Waals surface area contributed by atoms with Crippen LogP contribution in [0, 0.1) is 0 Å². The number of thiol groups is 1. The second kappa shape index (κ2) is 16.5. The number of halogens is 2. The first-order chi connectivity index (χ1) is 14.5. The van der Waals surface area contributed by atoms with Gasteiger partial charge in [0.1, 0.15) is 12.4 Å². The van der Waals surface area contributed by atoms with Gasteiger partial charge in [-0.15, -0.1) is 24.8 Å². The lowest BCUT2D eigenvalue weighted by Gasteiger charge is -2.30. The van der Waals surface area contributed by atoms with E-state index in [1.54, 1.807) is 17.0 Å². The maximum Gasteiger partial charge on any atom is 0.410 e. The van der Waals surface area contributed by atoms with E-state index in [1.807, 2.05) is 42.5 Å². The van der Waals surface area contributed by atoms with Crippen LogP contribution in [-0.4, -0.2) is 51.9 Å². The predicted octanol–water partition coefficient (Wildman–Crippen LogP) is 1.88. The van der Waals surface area contributed by atoms with Crippen molar-refractivity contribution in [1.29, 1.82) is 0 Å². The van der Waals surface area contributed by atoms with Gasteiger partial charge in [-0.3, -0.25) is 0 Å². The van der Waals surface area contributed by atoms with Crippen molar-refractivity contribution < 1.29 is 26.9 Å². The van der Waals surface area contributed by atoms with Crippen LogP contribution in [0.15, 0.2) is 54.6 Å². The predicted molar refractivity (Wildman–Crippen MR) is 127 cm³/mol. The van der Waals surface area contributed by atoms with E-state index in [2.05, 4.69) is 4.18 Å². The van der Waals surface area contributed by atoms with Gasteiger partial charge in [-0.05, 0) is 29.7 Å². The van der Waals surface area contributed by atoms with E-state index in [4.69, 9.17) is 20.9 Å². The molecule has 0 saturated heterocycles. The van der Waals surface area contributed by atoms with Gasteiger partial charge in [0.05, 0.1) is 6.04 Å². The summed E-state index contributed by atoms with van der Waals surface area (Å²) < 4.78 is 35.7. The van der Waals surface area contributed by atoms with Gasteiger partial charge >= 0.3 is 6.09 Å². The lowest BCUT2D eigenvalue weighted by molar-refractivity contribution is 0.0825. The van der Waals surface area contributed by atoms with Gasteiger partial charge in [-0.2, -0.15) is 0 Å². The summed E-state index contributed by atoms with van der Waals surface area (Å²) in [6.07, 6.45) is 0.0312. The monoisotopic (exact) mass is 509 g/mol. The molecule has 0 unspecified atom stereocenters. The molecule has 0 aliphatic heterocycles. The van der Waals surface area contributed by atoms with Crippen LogP contribution in [0.4, 0.5) is 4.79 Å². The maximum absolute atomic E-state index is 12.6. The fourth-order valence-corrected chi connectivity index (χ4v) is 2.96. The minimum absolute atomic E-state index is 0. The standard InChI is InChI=1S/C20H27N3O6S.2ClH/c21-10-11-23(20(24)27-14-17-4-2-1-3-5-17)18(13-22)12-16-6-8-19(9-7-16)28-15-29-30(25)26;;/h1-9,18,30H,10-15,21-22H2;2*1H/t18-;;/m0../s1. The van der Waals surface area contributed by atoms with Crippen LogP contribution in [0.2, 0.25) is 0 Å². The molecule has 0 heterocycles. The molecule has 0 saturated carbocycles. The molecule has 0 fully saturated rings. The number of nitrogens with two attached hydrogens (primary N) is 2. The third kappa shape index (κ3) is 10.5. The minimum atomic E-state index is -2.95. The first-order valence-electron chi connectivity index (χ1n) is 9.40. The second-order valence-electron chi connectivity index (χ2n) is 6.37. The lowest BCUT2D eigenvalue weighted by atomic mass is 10.0. The van der Waals surface area contributed by atoms with Crippen LogP contribution in [0.3, 0.4) is 0 Å². The largest absolute Gasteiger partial charge is 0.466 e. The highest BCUT2D eigenvalue weighted by Crippen LogP contribution is 2.16. The van der Waals surface area contributed by atoms with E-state index >= 15 is 0 Å². The van der Waals surface area contributed by atoms with Crippen LogP contribution in [0.5, 0.6) is 5.75 Å². The Morgan fingerprint density at radius 1 is 0.969 bits per heavy atom. The number of rotatable bonds is 12. The van der Waals surface area contributed by atoms with Crippen molar-refractivity contribution in [1.82, 2.24) is 4.90 Å². The number of amides is 1. The zero-order chi connectivity index (χ0) is 21.8. The molecule has 4 N–H and O–H groups in total. The van der Waals surface area contributed by atoms with Crippen molar-refractivity contribution in [2.75, 3.05) is 26.4 Å². The van der Waals surface area contributed by atoms with Gasteiger partial charge in [0.2, 0.25) is 6.79 Å². The van der Waals surface area contributed by atoms with E-state index < -0.39 is 17.1 Å². The Morgan fingerprint density at radius 3 is 2.19 bits per heavy atom. The average Bonchev–Trinajstić information content (AvgIpc) is 2.76. The Kier molecular flexibility index (Phi) is 15.5. The lowest BCUT2D eigenvalue weighted by Crippen LogP contribution is -2.48. The molecule has 0 aliphatic rings. The first kappa shape index (κ1) is 29.9. The van der Waals surface area contributed by atoms with Gasteiger partial charge in [-0.1, -0.05) is 42.5 Å². The number of carbonyl (C=O) groups excluding carboxylic acids is 1. The average molecular weight is 510 g/mol. The number of hydrogen-bond donors (Lipinski definition) is 3. The Labute approximate surface area is 202 Å². The molecular formula is C20H29Cl2N3O6S. The topological polar surface area (TPSA) is 134 Å². The molecule has 32 heavy (non-hydrogen) atoms. The van der Waals surface area contributed by atoms with E-state index in [0.717, 1.165) is 11.1 Å². The Morgan fingerprint density at radius 2 is 1.62 bits per heavy atom. The fourth-order valence-electron chi connectivity index (χ4n) is 2.82. The van der Waals surface area contributed by atoms with Crippen LogP contribution >= 0.6 is 24.8 Å². The summed E-state index contributed by atoms with van der Waals surface area (Å²) in [5.74, 6) is 0.459. The molecule has 1 atom stereocenters. The van der Waals surface area contributed by atoms with Gasteiger partial charge in [0.15, 0.2) is 0 Å². The molecule has 0 aromatic heterocycles. The first-order valence-corrected chi connectivity index (χ1v) is 10.5. The van der Waals surface area contributed by atoms with E-state index in [0.29, 0.717) is 18.7 Å². The van der Waals surface area contributed by atoms with E-state index in [1.165, 1.54) is 0 Å². The Bertz CT molecular complexity index is 848. The quantitative estimate of drug-likeness (QED) is 0.291. The molecule has 12 heteroatoms. The van der Waals surface area contributed by atoms with Crippen LogP contribution in [0.25, 0.3) is 0 Å². The number of nitrogens with zero attached hydrogens (tertiary/aromatic N) is 1. The second-order valence-corrected chi connectivity index (χ2v) is 7.08. The highest BCUT2D eigenvalue weighted by Gasteiger charge is 2.24. The summed E-state index contributed by atoms with van der Waals surface area (Å²) in [6, 6.07) is 16.1. The van der Waals surface area contributed by atoms with E-state index in [9.17, 15) is 13.2 Å². The molecule has 0 bridgehead atoms. The van der Waals surface area contributed by atoms with Crippen LogP contribution < -0.4 is 16.2 Å². The third-order valence-electron chi connectivity index (χ3n) is 4.30. The molecular weight excluding hydrogens is 481 g/mol. The minimum Gasteiger partial charge on any atom is -0.466 e. The molecule has 0 spiro atoms. The van der Waals surface area contributed by atoms with Crippen LogP contribution in [-0.2, 0) is 32.9 Å². The van der Waals surface area contributed by atoms with Crippen molar-refractivity contribution in [3.8, 4) is 5.75 Å². The Hall–Kier alpha value is -2.08. The normalized spacial score (nSPS) is 11.1. The SMILES string of the molecule is Cl.Cl.NCCN(C(=O)OCc1ccccc1)[C@H](CN)Cc1ccc(OCO[SH](=O)=O)cc1. The van der Waals surface area contributed by atoms with Crippen molar-refractivity contribution >= 4 is 41.9 Å². The smallest absolute Gasteiger partial charge is 0.410 e. The van der Waals surface area contributed by atoms with Crippen molar-refractivity contribution in [2.24, 2.45) is 11.5 Å². The summed E-state index contributed by atoms with van der Waals surface area (Å²) >= 11 is 0. The van der Waals surface area contributed by atoms with Crippen molar-refractivity contribution in [3.05, 3.63) is 65.7 Å². The molecule has 2 aromatic carbocycles. The van der Waals surface area contributed by atoms with Gasteiger partial charge in [-0.25, -0.2) is 17.4 Å². The number of benzene rings is 2. The molecule has 2 aromatic rings. The number of hydrogen-bond acceptors (Lipinski definition) is 8. The summed E-state index contributed by atoms with van der Waals surface area (Å²) in [4.78, 5) is 14.2. The molecule has 0 aliphatic carbocycles. The molecule has 2 rings (SSSR count). The molecule has 180 valence electrons. The van der Waals surface area contributed by atoms with E-state index in [-0.39, 0.29) is 57.3 Å². The molecule has 0 radical (unpaired) electrons. The summed E-state index contributed by atoms with van der Waals surface area (Å²) in [5.41, 5.74) is 13.4. The summed E-state index contributed by atoms with van der Waals surface area (Å²) in [6.45, 7) is 0.623. The fraction of sp³-hybridized carbons (Fsp3) is 0.350. The highest BCUT2D eigenvalue weighted by atomic mass is 35.5. The maximum atomic E-state index is 12.6. The molecule has 1 amide bonds. The number of ether oxygens (including phenoxy) is 2. The van der Waals surface area contributed by atoms with Crippen molar-refractivity contribution in [2.45, 2.75) is 19.1 Å². The van der Waals surface area contributed by atoms with Gasteiger partial charge in [0, 0.05) is 19.6 Å². The summed E-state index contributed by atoms with van der Waals surface area (Å²) in [7, 11) is -2.95. The number of carbonyl (C=O) groups is 1.